The summed E-state index contributed by atoms with van der Waals surface area (Å²) < 4.78 is 16.7. The molecule has 7 heteroatoms. The van der Waals surface area contributed by atoms with Gasteiger partial charge in [-0.05, 0) is 67.4 Å². The van der Waals surface area contributed by atoms with Crippen molar-refractivity contribution in [2.24, 2.45) is 0 Å². The predicted molar refractivity (Wildman–Crippen MR) is 136 cm³/mol. The lowest BCUT2D eigenvalue weighted by atomic mass is 9.95. The Balaban J connectivity index is 1.70. The molecule has 1 saturated heterocycles. The number of aliphatic hydroxyl groups is 1. The lowest BCUT2D eigenvalue weighted by Gasteiger charge is -2.24. The predicted octanol–water partition coefficient (Wildman–Crippen LogP) is 5.87. The minimum Gasteiger partial charge on any atom is -0.507 e. The van der Waals surface area contributed by atoms with Crippen molar-refractivity contribution in [2.45, 2.75) is 45.7 Å². The second kappa shape index (κ2) is 11.6. The molecule has 0 saturated carbocycles. The van der Waals surface area contributed by atoms with Crippen LogP contribution in [-0.4, -0.2) is 34.9 Å². The summed E-state index contributed by atoms with van der Waals surface area (Å²) in [5.74, 6) is 0.242. The van der Waals surface area contributed by atoms with Gasteiger partial charge in [0.1, 0.15) is 23.0 Å². The van der Waals surface area contributed by atoms with Crippen LogP contribution >= 0.6 is 0 Å². The average molecular weight is 490 g/mol. The Labute approximate surface area is 210 Å². The highest BCUT2D eigenvalue weighted by Crippen LogP contribution is 2.41. The first kappa shape index (κ1) is 25.1. The van der Waals surface area contributed by atoms with Gasteiger partial charge in [-0.25, -0.2) is 0 Å². The lowest BCUT2D eigenvalue weighted by Crippen LogP contribution is -2.29. The van der Waals surface area contributed by atoms with E-state index in [0.29, 0.717) is 41.6 Å². The van der Waals surface area contributed by atoms with Crippen LogP contribution in [0.1, 0.15) is 56.0 Å². The van der Waals surface area contributed by atoms with E-state index in [0.717, 1.165) is 19.3 Å². The molecule has 2 aromatic carbocycles. The quantitative estimate of drug-likeness (QED) is 0.157. The minimum absolute atomic E-state index is 0.0346. The molecule has 1 N–H and O–H groups in total. The van der Waals surface area contributed by atoms with Gasteiger partial charge in [0.05, 0.1) is 37.6 Å². The molecule has 0 radical (unpaired) electrons. The normalized spacial score (nSPS) is 16.9. The zero-order valence-electron chi connectivity index (χ0n) is 20.6. The summed E-state index contributed by atoms with van der Waals surface area (Å²) in [5.41, 5.74) is 1.15. The third-order valence-electron chi connectivity index (χ3n) is 6.10. The summed E-state index contributed by atoms with van der Waals surface area (Å²) in [6, 6.07) is 16.8. The molecule has 3 aromatic rings. The Morgan fingerprint density at radius 3 is 2.28 bits per heavy atom. The van der Waals surface area contributed by atoms with Gasteiger partial charge < -0.3 is 23.9 Å². The molecule has 1 amide bonds. The molecule has 2 heterocycles. The number of ether oxygens (including phenoxy) is 2. The van der Waals surface area contributed by atoms with Crippen LogP contribution in [0, 0.1) is 0 Å². The van der Waals surface area contributed by atoms with Crippen molar-refractivity contribution >= 4 is 17.4 Å². The van der Waals surface area contributed by atoms with E-state index in [1.165, 1.54) is 11.2 Å². The van der Waals surface area contributed by atoms with Gasteiger partial charge in [0, 0.05) is 5.56 Å². The van der Waals surface area contributed by atoms with E-state index in [1.807, 2.05) is 31.2 Å². The fourth-order valence-corrected chi connectivity index (χ4v) is 4.28. The van der Waals surface area contributed by atoms with Crippen LogP contribution in [0.5, 0.6) is 11.5 Å². The molecule has 1 atom stereocenters. The molecular formula is C29H31NO6. The summed E-state index contributed by atoms with van der Waals surface area (Å²) in [6.45, 7) is 5.26. The second-order valence-corrected chi connectivity index (χ2v) is 8.59. The summed E-state index contributed by atoms with van der Waals surface area (Å²) in [7, 11) is 0. The van der Waals surface area contributed by atoms with Gasteiger partial charge >= 0.3 is 0 Å². The number of rotatable bonds is 11. The van der Waals surface area contributed by atoms with Gasteiger partial charge in [-0.2, -0.15) is 0 Å². The van der Waals surface area contributed by atoms with E-state index in [4.69, 9.17) is 13.9 Å². The summed E-state index contributed by atoms with van der Waals surface area (Å²) >= 11 is 0. The van der Waals surface area contributed by atoms with Crippen molar-refractivity contribution in [1.29, 1.82) is 0 Å². The molecule has 4 rings (SSSR count). The van der Waals surface area contributed by atoms with E-state index in [9.17, 15) is 14.7 Å². The highest BCUT2D eigenvalue weighted by molar-refractivity contribution is 6.46. The van der Waals surface area contributed by atoms with Gasteiger partial charge in [-0.1, -0.05) is 31.9 Å². The first-order valence-electron chi connectivity index (χ1n) is 12.3. The zero-order chi connectivity index (χ0) is 25.5. The number of Topliss-reactive ketones (excluding diaryl/α,β-unsaturated/α-hetero) is 1. The number of aliphatic hydroxyl groups excluding tert-OH is 1. The number of furan rings is 1. The Kier molecular flexibility index (Phi) is 8.10. The first-order chi connectivity index (χ1) is 17.5. The molecular weight excluding hydrogens is 458 g/mol. The SMILES string of the molecule is CCCCCOc1ccc([C@@H]2C(=C(O)c3ccc(OCC)cc3)C(=O)C(=O)N2Cc2ccco2)cc1. The standard InChI is InChI=1S/C29H31NO6/c1-3-5-6-17-35-23-13-9-20(10-14-23)26-25(27(31)21-11-15-22(16-12-21)34-4-2)28(32)29(33)30(26)19-24-8-7-18-36-24/h7-16,18,26,31H,3-6,17,19H2,1-2H3/t26-/m1/s1. The van der Waals surface area contributed by atoms with Crippen molar-refractivity contribution in [2.75, 3.05) is 13.2 Å². The maximum atomic E-state index is 13.2. The molecule has 188 valence electrons. The van der Waals surface area contributed by atoms with Crippen LogP contribution in [0.3, 0.4) is 0 Å². The van der Waals surface area contributed by atoms with Crippen molar-refractivity contribution in [3.8, 4) is 11.5 Å². The van der Waals surface area contributed by atoms with Crippen molar-refractivity contribution in [3.63, 3.8) is 0 Å². The van der Waals surface area contributed by atoms with E-state index >= 15 is 0 Å². The fraction of sp³-hybridized carbons (Fsp3) is 0.310. The van der Waals surface area contributed by atoms with E-state index in [-0.39, 0.29) is 17.9 Å². The average Bonchev–Trinajstić information content (AvgIpc) is 3.50. The number of unbranched alkanes of at least 4 members (excludes halogenated alkanes) is 2. The molecule has 1 aliphatic rings. The number of hydrogen-bond acceptors (Lipinski definition) is 6. The summed E-state index contributed by atoms with van der Waals surface area (Å²) in [4.78, 5) is 27.7. The van der Waals surface area contributed by atoms with Crippen molar-refractivity contribution in [1.82, 2.24) is 4.90 Å². The number of likely N-dealkylation sites (tertiary alicyclic amines) is 1. The number of carbonyl (C=O) groups is 2. The number of carbonyl (C=O) groups excluding carboxylic acids is 2. The van der Waals surface area contributed by atoms with Crippen LogP contribution in [0.15, 0.2) is 76.9 Å². The first-order valence-corrected chi connectivity index (χ1v) is 12.3. The van der Waals surface area contributed by atoms with Gasteiger partial charge in [-0.15, -0.1) is 0 Å². The Bertz CT molecular complexity index is 1200. The van der Waals surface area contributed by atoms with Gasteiger partial charge in [0.15, 0.2) is 0 Å². The third kappa shape index (κ3) is 5.46. The number of benzene rings is 2. The molecule has 36 heavy (non-hydrogen) atoms. The Hall–Kier alpha value is -4.00. The highest BCUT2D eigenvalue weighted by Gasteiger charge is 2.46. The smallest absolute Gasteiger partial charge is 0.296 e. The number of amides is 1. The Morgan fingerprint density at radius 1 is 0.944 bits per heavy atom. The van der Waals surface area contributed by atoms with Crippen molar-refractivity contribution < 1.29 is 28.6 Å². The maximum Gasteiger partial charge on any atom is 0.296 e. The topological polar surface area (TPSA) is 89.2 Å². The number of hydrogen-bond donors (Lipinski definition) is 1. The third-order valence-corrected chi connectivity index (χ3v) is 6.10. The lowest BCUT2D eigenvalue weighted by molar-refractivity contribution is -0.140. The van der Waals surface area contributed by atoms with Crippen LogP contribution in [0.25, 0.3) is 5.76 Å². The maximum absolute atomic E-state index is 13.2. The molecule has 1 aromatic heterocycles. The molecule has 1 fully saturated rings. The molecule has 0 bridgehead atoms. The second-order valence-electron chi connectivity index (χ2n) is 8.59. The van der Waals surface area contributed by atoms with E-state index in [1.54, 1.807) is 36.4 Å². The molecule has 0 spiro atoms. The molecule has 0 aliphatic carbocycles. The van der Waals surface area contributed by atoms with E-state index < -0.39 is 17.7 Å². The van der Waals surface area contributed by atoms with Crippen molar-refractivity contribution in [3.05, 3.63) is 89.4 Å². The largest absolute Gasteiger partial charge is 0.507 e. The van der Waals surface area contributed by atoms with Crippen LogP contribution in [0.2, 0.25) is 0 Å². The van der Waals surface area contributed by atoms with Gasteiger partial charge in [-0.3, -0.25) is 9.59 Å². The van der Waals surface area contributed by atoms with Crippen LogP contribution in [-0.2, 0) is 16.1 Å². The van der Waals surface area contributed by atoms with Gasteiger partial charge in [0.25, 0.3) is 11.7 Å². The van der Waals surface area contributed by atoms with Crippen LogP contribution < -0.4 is 9.47 Å². The monoisotopic (exact) mass is 489 g/mol. The molecule has 1 aliphatic heterocycles. The molecule has 7 nitrogen and oxygen atoms in total. The van der Waals surface area contributed by atoms with Gasteiger partial charge in [0.2, 0.25) is 0 Å². The summed E-state index contributed by atoms with van der Waals surface area (Å²) in [6.07, 6.45) is 4.71. The number of ketones is 1. The minimum atomic E-state index is -0.782. The fourth-order valence-electron chi connectivity index (χ4n) is 4.28. The highest BCUT2D eigenvalue weighted by atomic mass is 16.5. The Morgan fingerprint density at radius 2 is 1.64 bits per heavy atom. The zero-order valence-corrected chi connectivity index (χ0v) is 20.6. The number of nitrogens with zero attached hydrogens (tertiary/aromatic N) is 1. The summed E-state index contributed by atoms with van der Waals surface area (Å²) in [5, 5.41) is 11.2. The molecule has 0 unspecified atom stereocenters. The van der Waals surface area contributed by atoms with Crippen LogP contribution in [0.4, 0.5) is 0 Å². The van der Waals surface area contributed by atoms with E-state index in [2.05, 4.69) is 6.92 Å².